The van der Waals surface area contributed by atoms with Crippen LogP contribution >= 0.6 is 24.0 Å². The van der Waals surface area contributed by atoms with Crippen molar-refractivity contribution in [3.63, 3.8) is 0 Å². The SMILES string of the molecule is Cc1c(C=C2SC(=S)N(C(C)c3ccccc3)C2=O)c(N2CCC(Cc3ccccc3)CC2)n(C)c(=O)c1C#N. The van der Waals surface area contributed by atoms with E-state index in [1.54, 1.807) is 23.4 Å². The second kappa shape index (κ2) is 11.8. The fraction of sp³-hybridized carbons (Fsp3) is 0.312. The minimum absolute atomic E-state index is 0.101. The van der Waals surface area contributed by atoms with Crippen molar-refractivity contribution in [2.24, 2.45) is 13.0 Å². The van der Waals surface area contributed by atoms with Gasteiger partial charge in [0.25, 0.3) is 11.5 Å². The van der Waals surface area contributed by atoms with Crippen molar-refractivity contribution in [3.05, 3.63) is 104 Å². The van der Waals surface area contributed by atoms with Gasteiger partial charge in [-0.05, 0) is 61.8 Å². The number of carbonyl (C=O) groups excluding carboxylic acids is 1. The summed E-state index contributed by atoms with van der Waals surface area (Å²) in [7, 11) is 1.72. The molecule has 1 unspecified atom stereocenters. The summed E-state index contributed by atoms with van der Waals surface area (Å²) >= 11 is 6.92. The minimum Gasteiger partial charge on any atom is -0.357 e. The summed E-state index contributed by atoms with van der Waals surface area (Å²) in [4.78, 5) is 31.2. The van der Waals surface area contributed by atoms with Crippen molar-refractivity contribution >= 4 is 46.1 Å². The molecule has 8 heteroatoms. The largest absolute Gasteiger partial charge is 0.357 e. The number of nitriles is 1. The van der Waals surface area contributed by atoms with Crippen molar-refractivity contribution in [3.8, 4) is 6.07 Å². The van der Waals surface area contributed by atoms with E-state index in [0.717, 1.165) is 49.3 Å². The van der Waals surface area contributed by atoms with Crippen molar-refractivity contribution in [2.75, 3.05) is 18.0 Å². The number of thiocarbonyl (C=S) groups is 1. The number of aromatic nitrogens is 1. The van der Waals surface area contributed by atoms with Crippen LogP contribution < -0.4 is 10.5 Å². The van der Waals surface area contributed by atoms with Crippen LogP contribution in [0.2, 0.25) is 0 Å². The lowest BCUT2D eigenvalue weighted by Gasteiger charge is -2.36. The Bertz CT molecular complexity index is 1570. The number of piperidine rings is 1. The molecular weight excluding hydrogens is 537 g/mol. The molecule has 2 aliphatic rings. The lowest BCUT2D eigenvalue weighted by molar-refractivity contribution is -0.123. The van der Waals surface area contributed by atoms with Crippen LogP contribution in [0.1, 0.15) is 53.6 Å². The maximum atomic E-state index is 13.7. The molecule has 0 radical (unpaired) electrons. The van der Waals surface area contributed by atoms with E-state index in [0.29, 0.717) is 20.7 Å². The summed E-state index contributed by atoms with van der Waals surface area (Å²) in [6, 6.07) is 22.3. The number of nitrogens with zero attached hydrogens (tertiary/aromatic N) is 4. The lowest BCUT2D eigenvalue weighted by Crippen LogP contribution is -2.39. The maximum Gasteiger partial charge on any atom is 0.270 e. The van der Waals surface area contributed by atoms with Crippen LogP contribution in [0.3, 0.4) is 0 Å². The highest BCUT2D eigenvalue weighted by Crippen LogP contribution is 2.40. The monoisotopic (exact) mass is 568 g/mol. The number of anilines is 1. The van der Waals surface area contributed by atoms with E-state index in [2.05, 4.69) is 35.2 Å². The van der Waals surface area contributed by atoms with Crippen LogP contribution in [-0.2, 0) is 18.3 Å². The first-order valence-electron chi connectivity index (χ1n) is 13.5. The molecule has 0 saturated carbocycles. The molecule has 1 atom stereocenters. The number of hydrogen-bond acceptors (Lipinski definition) is 6. The van der Waals surface area contributed by atoms with Gasteiger partial charge in [-0.15, -0.1) is 0 Å². The lowest BCUT2D eigenvalue weighted by atomic mass is 9.90. The molecule has 5 rings (SSSR count). The predicted octanol–water partition coefficient (Wildman–Crippen LogP) is 5.99. The van der Waals surface area contributed by atoms with Gasteiger partial charge in [-0.25, -0.2) is 0 Å². The molecule has 3 heterocycles. The summed E-state index contributed by atoms with van der Waals surface area (Å²) in [5.41, 5.74) is 3.45. The number of pyridine rings is 1. The third-order valence-electron chi connectivity index (χ3n) is 8.02. The molecule has 2 fully saturated rings. The zero-order chi connectivity index (χ0) is 28.4. The van der Waals surface area contributed by atoms with Crippen LogP contribution in [0.25, 0.3) is 6.08 Å². The molecule has 3 aromatic rings. The highest BCUT2D eigenvalue weighted by molar-refractivity contribution is 8.26. The second-order valence-electron chi connectivity index (χ2n) is 10.5. The van der Waals surface area contributed by atoms with Gasteiger partial charge in [-0.1, -0.05) is 84.6 Å². The third kappa shape index (κ3) is 5.36. The number of hydrogen-bond donors (Lipinski definition) is 0. The second-order valence-corrected chi connectivity index (χ2v) is 12.1. The molecular formula is C32H32N4O2S2. The fourth-order valence-electron chi connectivity index (χ4n) is 5.72. The van der Waals surface area contributed by atoms with Gasteiger partial charge in [0.05, 0.1) is 10.9 Å². The molecule has 2 saturated heterocycles. The van der Waals surface area contributed by atoms with Gasteiger partial charge < -0.3 is 4.90 Å². The standard InChI is InChI=1S/C32H32N4O2S2/c1-21-26(19-28-31(38)36(32(39)40-28)22(2)25-12-8-5-9-13-25)29(34(3)30(37)27(21)20-33)35-16-14-24(15-17-35)18-23-10-6-4-7-11-23/h4-13,19,22,24H,14-18H2,1-3H3. The number of amides is 1. The van der Waals surface area contributed by atoms with E-state index in [-0.39, 0.29) is 23.1 Å². The van der Waals surface area contributed by atoms with Crippen molar-refractivity contribution < 1.29 is 4.79 Å². The molecule has 1 amide bonds. The van der Waals surface area contributed by atoms with Gasteiger partial charge in [0.2, 0.25) is 0 Å². The van der Waals surface area contributed by atoms with Gasteiger partial charge >= 0.3 is 0 Å². The van der Waals surface area contributed by atoms with Gasteiger partial charge in [0, 0.05) is 25.7 Å². The summed E-state index contributed by atoms with van der Waals surface area (Å²) in [6.07, 6.45) is 4.86. The van der Waals surface area contributed by atoms with Gasteiger partial charge in [0.1, 0.15) is 21.8 Å². The van der Waals surface area contributed by atoms with E-state index >= 15 is 0 Å². The normalized spacial score (nSPS) is 17.9. The molecule has 204 valence electrons. The predicted molar refractivity (Wildman–Crippen MR) is 166 cm³/mol. The summed E-state index contributed by atoms with van der Waals surface area (Å²) in [6.45, 7) is 5.36. The van der Waals surface area contributed by atoms with Crippen molar-refractivity contribution in [2.45, 2.75) is 39.2 Å². The summed E-state index contributed by atoms with van der Waals surface area (Å²) in [5.74, 6) is 1.15. The Kier molecular flexibility index (Phi) is 8.24. The van der Waals surface area contributed by atoms with Gasteiger partial charge in [0.15, 0.2) is 0 Å². The molecule has 0 N–H and O–H groups in total. The van der Waals surface area contributed by atoms with Crippen LogP contribution in [0.4, 0.5) is 5.82 Å². The van der Waals surface area contributed by atoms with Crippen molar-refractivity contribution in [1.29, 1.82) is 5.26 Å². The zero-order valence-corrected chi connectivity index (χ0v) is 24.6. The van der Waals surface area contributed by atoms with E-state index in [9.17, 15) is 14.9 Å². The first-order chi connectivity index (χ1) is 19.3. The Morgan fingerprint density at radius 2 is 1.70 bits per heavy atom. The Labute approximate surface area is 244 Å². The Morgan fingerprint density at radius 1 is 1.07 bits per heavy atom. The Hall–Kier alpha value is -3.67. The van der Waals surface area contributed by atoms with Gasteiger partial charge in [-0.2, -0.15) is 5.26 Å². The maximum absolute atomic E-state index is 13.7. The number of rotatable bonds is 6. The number of carbonyl (C=O) groups is 1. The van der Waals surface area contributed by atoms with Crippen LogP contribution in [0.5, 0.6) is 0 Å². The number of benzene rings is 2. The minimum atomic E-state index is -0.316. The molecule has 6 nitrogen and oxygen atoms in total. The molecule has 40 heavy (non-hydrogen) atoms. The Balaban J connectivity index is 1.47. The topological polar surface area (TPSA) is 69.3 Å². The molecule has 2 aliphatic heterocycles. The van der Waals surface area contributed by atoms with Crippen LogP contribution in [-0.4, -0.2) is 32.8 Å². The number of thioether (sulfide) groups is 1. The smallest absolute Gasteiger partial charge is 0.270 e. The Morgan fingerprint density at radius 3 is 2.33 bits per heavy atom. The van der Waals surface area contributed by atoms with E-state index in [4.69, 9.17) is 12.2 Å². The van der Waals surface area contributed by atoms with Gasteiger partial charge in [-0.3, -0.25) is 19.1 Å². The summed E-state index contributed by atoms with van der Waals surface area (Å²) < 4.78 is 2.07. The molecule has 0 bridgehead atoms. The van der Waals surface area contributed by atoms with E-state index in [1.165, 1.54) is 17.3 Å². The van der Waals surface area contributed by atoms with Crippen molar-refractivity contribution in [1.82, 2.24) is 9.47 Å². The molecule has 0 aliphatic carbocycles. The first kappa shape index (κ1) is 27.9. The summed E-state index contributed by atoms with van der Waals surface area (Å²) in [5, 5.41) is 9.82. The van der Waals surface area contributed by atoms with Crippen LogP contribution in [0.15, 0.2) is 70.4 Å². The molecule has 2 aromatic carbocycles. The quantitative estimate of drug-likeness (QED) is 0.269. The fourth-order valence-corrected chi connectivity index (χ4v) is 7.12. The average Bonchev–Trinajstić information content (AvgIpc) is 3.25. The van der Waals surface area contributed by atoms with E-state index in [1.807, 2.05) is 49.4 Å². The third-order valence-corrected chi connectivity index (χ3v) is 9.35. The highest BCUT2D eigenvalue weighted by Gasteiger charge is 2.37. The molecule has 1 aromatic heterocycles. The molecule has 0 spiro atoms. The average molecular weight is 569 g/mol. The zero-order valence-electron chi connectivity index (χ0n) is 23.0. The highest BCUT2D eigenvalue weighted by atomic mass is 32.2. The van der Waals surface area contributed by atoms with E-state index < -0.39 is 0 Å². The van der Waals surface area contributed by atoms with Crippen LogP contribution in [0, 0.1) is 24.2 Å². The first-order valence-corrected chi connectivity index (χ1v) is 14.8.